The highest BCUT2D eigenvalue weighted by Crippen LogP contribution is 2.31. The minimum absolute atomic E-state index is 0. The van der Waals surface area contributed by atoms with E-state index in [9.17, 15) is 5.11 Å². The molecule has 1 aliphatic heterocycles. The molecule has 0 bridgehead atoms. The van der Waals surface area contributed by atoms with Crippen LogP contribution in [0.1, 0.15) is 18.0 Å². The summed E-state index contributed by atoms with van der Waals surface area (Å²) in [5.74, 6) is 0.747. The summed E-state index contributed by atoms with van der Waals surface area (Å²) in [6.45, 7) is 1.08. The summed E-state index contributed by atoms with van der Waals surface area (Å²) in [5, 5.41) is 12.7. The van der Waals surface area contributed by atoms with Gasteiger partial charge in [0.15, 0.2) is 11.5 Å². The lowest BCUT2D eigenvalue weighted by molar-refractivity contribution is 0.362. The first kappa shape index (κ1) is 11.1. The molecule has 1 heterocycles. The van der Waals surface area contributed by atoms with Gasteiger partial charge in [0.05, 0.1) is 7.11 Å². The van der Waals surface area contributed by atoms with E-state index >= 15 is 0 Å². The lowest BCUT2D eigenvalue weighted by Gasteiger charge is -2.28. The number of aromatic hydroxyl groups is 1. The number of rotatable bonds is 2. The van der Waals surface area contributed by atoms with Crippen molar-refractivity contribution in [2.45, 2.75) is 12.5 Å². The highest BCUT2D eigenvalue weighted by Gasteiger charge is 2.19. The summed E-state index contributed by atoms with van der Waals surface area (Å²) in [6.07, 6.45) is 1.16. The van der Waals surface area contributed by atoms with E-state index in [1.807, 2.05) is 12.1 Å². The van der Waals surface area contributed by atoms with Crippen LogP contribution in [0.25, 0.3) is 0 Å². The monoisotopic (exact) mass is 215 g/mol. The van der Waals surface area contributed by atoms with Gasteiger partial charge in [-0.25, -0.2) is 0 Å². The van der Waals surface area contributed by atoms with E-state index in [4.69, 9.17) is 4.74 Å². The highest BCUT2D eigenvalue weighted by molar-refractivity contribution is 5.85. The van der Waals surface area contributed by atoms with Gasteiger partial charge in [-0.3, -0.25) is 0 Å². The molecule has 3 nitrogen and oxygen atoms in total. The first-order valence-corrected chi connectivity index (χ1v) is 4.41. The van der Waals surface area contributed by atoms with Crippen molar-refractivity contribution < 1.29 is 9.84 Å². The van der Waals surface area contributed by atoms with Crippen molar-refractivity contribution in [2.75, 3.05) is 13.7 Å². The van der Waals surface area contributed by atoms with E-state index in [0.29, 0.717) is 11.8 Å². The van der Waals surface area contributed by atoms with Gasteiger partial charge < -0.3 is 15.2 Å². The minimum atomic E-state index is 0. The van der Waals surface area contributed by atoms with Crippen LogP contribution in [0.15, 0.2) is 18.2 Å². The van der Waals surface area contributed by atoms with E-state index in [0.717, 1.165) is 13.0 Å². The number of phenols is 1. The Morgan fingerprint density at radius 3 is 2.71 bits per heavy atom. The van der Waals surface area contributed by atoms with Crippen molar-refractivity contribution in [2.24, 2.45) is 0 Å². The normalized spacial score (nSPS) is 19.4. The average molecular weight is 216 g/mol. The standard InChI is InChI=1S/C10H13NO2.ClH/c1-13-10-6-7(2-3-9(10)12)8-4-5-11-8;/h2-3,6,8,11-12H,4-5H2,1H3;1H/t8-;/m1./s1. The number of hydrogen-bond donors (Lipinski definition) is 2. The van der Waals surface area contributed by atoms with Crippen LogP contribution in [-0.2, 0) is 0 Å². The van der Waals surface area contributed by atoms with Gasteiger partial charge in [0.1, 0.15) is 0 Å². The molecule has 0 aliphatic carbocycles. The third kappa shape index (κ3) is 1.94. The van der Waals surface area contributed by atoms with Gasteiger partial charge in [0, 0.05) is 6.04 Å². The third-order valence-corrected chi connectivity index (χ3v) is 2.43. The van der Waals surface area contributed by atoms with Crippen LogP contribution >= 0.6 is 12.4 Å². The highest BCUT2D eigenvalue weighted by atomic mass is 35.5. The predicted molar refractivity (Wildman–Crippen MR) is 57.3 cm³/mol. The molecule has 0 amide bonds. The topological polar surface area (TPSA) is 41.5 Å². The maximum atomic E-state index is 9.36. The fraction of sp³-hybridized carbons (Fsp3) is 0.400. The molecule has 0 saturated carbocycles. The quantitative estimate of drug-likeness (QED) is 0.792. The second-order valence-corrected chi connectivity index (χ2v) is 3.23. The van der Waals surface area contributed by atoms with Gasteiger partial charge in [-0.1, -0.05) is 6.07 Å². The summed E-state index contributed by atoms with van der Waals surface area (Å²) < 4.78 is 5.03. The van der Waals surface area contributed by atoms with E-state index in [1.165, 1.54) is 5.56 Å². The Morgan fingerprint density at radius 1 is 1.50 bits per heavy atom. The molecule has 1 fully saturated rings. The average Bonchev–Trinajstić information content (AvgIpc) is 2.05. The van der Waals surface area contributed by atoms with Crippen molar-refractivity contribution in [3.05, 3.63) is 23.8 Å². The first-order chi connectivity index (χ1) is 6.31. The molecule has 78 valence electrons. The van der Waals surface area contributed by atoms with Crippen LogP contribution in [0.5, 0.6) is 11.5 Å². The summed E-state index contributed by atoms with van der Waals surface area (Å²) in [7, 11) is 1.56. The zero-order valence-corrected chi connectivity index (χ0v) is 8.80. The molecule has 2 rings (SSSR count). The van der Waals surface area contributed by atoms with Crippen molar-refractivity contribution in [1.29, 1.82) is 0 Å². The maximum absolute atomic E-state index is 9.36. The van der Waals surface area contributed by atoms with Crippen molar-refractivity contribution in [1.82, 2.24) is 5.32 Å². The van der Waals surface area contributed by atoms with Crippen LogP contribution in [0.3, 0.4) is 0 Å². The number of benzene rings is 1. The van der Waals surface area contributed by atoms with Crippen LogP contribution in [0.4, 0.5) is 0 Å². The second kappa shape index (κ2) is 4.53. The third-order valence-electron chi connectivity index (χ3n) is 2.43. The largest absolute Gasteiger partial charge is 0.504 e. The molecule has 2 N–H and O–H groups in total. The molecule has 1 aromatic rings. The smallest absolute Gasteiger partial charge is 0.160 e. The number of nitrogens with one attached hydrogen (secondary N) is 1. The molecule has 0 spiro atoms. The summed E-state index contributed by atoms with van der Waals surface area (Å²) in [4.78, 5) is 0. The van der Waals surface area contributed by atoms with Crippen LogP contribution in [-0.4, -0.2) is 18.8 Å². The fourth-order valence-corrected chi connectivity index (χ4v) is 1.48. The Kier molecular flexibility index (Phi) is 3.61. The molecule has 1 atom stereocenters. The van der Waals surface area contributed by atoms with Crippen LogP contribution < -0.4 is 10.1 Å². The number of ether oxygens (including phenoxy) is 1. The zero-order chi connectivity index (χ0) is 9.26. The van der Waals surface area contributed by atoms with Crippen molar-refractivity contribution >= 4 is 12.4 Å². The Hall–Kier alpha value is -0.930. The predicted octanol–water partition coefficient (Wildman–Crippen LogP) is 1.86. The van der Waals surface area contributed by atoms with Gasteiger partial charge in [-0.05, 0) is 30.7 Å². The number of halogens is 1. The second-order valence-electron chi connectivity index (χ2n) is 3.23. The molecule has 0 aromatic heterocycles. The molecule has 1 saturated heterocycles. The molecule has 4 heteroatoms. The Balaban J connectivity index is 0.000000980. The molecule has 14 heavy (non-hydrogen) atoms. The van der Waals surface area contributed by atoms with Crippen molar-refractivity contribution in [3.8, 4) is 11.5 Å². The van der Waals surface area contributed by atoms with Gasteiger partial charge in [0.2, 0.25) is 0 Å². The number of methoxy groups -OCH3 is 1. The van der Waals surface area contributed by atoms with E-state index in [2.05, 4.69) is 5.32 Å². The van der Waals surface area contributed by atoms with Gasteiger partial charge in [-0.15, -0.1) is 12.4 Å². The molecule has 1 aromatic carbocycles. The van der Waals surface area contributed by atoms with Crippen LogP contribution in [0, 0.1) is 0 Å². The lowest BCUT2D eigenvalue weighted by Crippen LogP contribution is -2.34. The Labute approximate surface area is 89.5 Å². The number of hydrogen-bond acceptors (Lipinski definition) is 3. The summed E-state index contributed by atoms with van der Waals surface area (Å²) in [5.41, 5.74) is 1.18. The Morgan fingerprint density at radius 2 is 2.21 bits per heavy atom. The molecule has 1 aliphatic rings. The first-order valence-electron chi connectivity index (χ1n) is 4.41. The molecular weight excluding hydrogens is 202 g/mol. The van der Waals surface area contributed by atoms with E-state index in [1.54, 1.807) is 13.2 Å². The summed E-state index contributed by atoms with van der Waals surface area (Å²) in [6, 6.07) is 5.92. The molecule has 0 unspecified atom stereocenters. The van der Waals surface area contributed by atoms with Gasteiger partial charge >= 0.3 is 0 Å². The van der Waals surface area contributed by atoms with Crippen molar-refractivity contribution in [3.63, 3.8) is 0 Å². The zero-order valence-electron chi connectivity index (χ0n) is 7.99. The lowest BCUT2D eigenvalue weighted by atomic mass is 9.98. The molecular formula is C10H14ClNO2. The van der Waals surface area contributed by atoms with Gasteiger partial charge in [-0.2, -0.15) is 0 Å². The SMILES string of the molecule is COc1cc([C@H]2CCN2)ccc1O.Cl. The maximum Gasteiger partial charge on any atom is 0.160 e. The van der Waals surface area contributed by atoms with E-state index < -0.39 is 0 Å². The summed E-state index contributed by atoms with van der Waals surface area (Å²) >= 11 is 0. The molecule has 0 radical (unpaired) electrons. The minimum Gasteiger partial charge on any atom is -0.504 e. The Bertz CT molecular complexity index is 313. The van der Waals surface area contributed by atoms with E-state index in [-0.39, 0.29) is 18.2 Å². The fourth-order valence-electron chi connectivity index (χ4n) is 1.48. The van der Waals surface area contributed by atoms with Gasteiger partial charge in [0.25, 0.3) is 0 Å². The number of phenolic OH excluding ortho intramolecular Hbond substituents is 1. The van der Waals surface area contributed by atoms with Crippen LogP contribution in [0.2, 0.25) is 0 Å².